The number of fused-ring (bicyclic) bond motifs is 2. The van der Waals surface area contributed by atoms with Crippen LogP contribution in [-0.4, -0.2) is 46.5 Å². The van der Waals surface area contributed by atoms with Crippen molar-refractivity contribution in [3.63, 3.8) is 0 Å². The Hall–Kier alpha value is -3.37. The van der Waals surface area contributed by atoms with Gasteiger partial charge in [0.1, 0.15) is 28.8 Å². The van der Waals surface area contributed by atoms with E-state index in [1.807, 2.05) is 31.6 Å². The van der Waals surface area contributed by atoms with Crippen LogP contribution in [0.3, 0.4) is 0 Å². The number of nitrogens with zero attached hydrogens (tertiary/aromatic N) is 8. The molecule has 5 aromatic rings. The predicted molar refractivity (Wildman–Crippen MR) is 137 cm³/mol. The summed E-state index contributed by atoms with van der Waals surface area (Å²) in [6.07, 6.45) is 5.89. The summed E-state index contributed by atoms with van der Waals surface area (Å²) in [7, 11) is 0. The van der Waals surface area contributed by atoms with E-state index >= 15 is 0 Å². The molecule has 0 bridgehead atoms. The van der Waals surface area contributed by atoms with E-state index in [1.165, 1.54) is 17.5 Å². The molecule has 4 aromatic heterocycles. The largest absolute Gasteiger partial charge is 0.372 e. The lowest BCUT2D eigenvalue weighted by Gasteiger charge is -2.27. The molecule has 182 valence electrons. The van der Waals surface area contributed by atoms with Crippen LogP contribution in [0.2, 0.25) is 0 Å². The minimum absolute atomic E-state index is 0.112. The Morgan fingerprint density at radius 1 is 0.972 bits per heavy atom. The molecule has 2 aliphatic rings. The molecule has 36 heavy (non-hydrogen) atoms. The molecule has 10 heteroatoms. The van der Waals surface area contributed by atoms with Crippen LogP contribution < -0.4 is 0 Å². The lowest BCUT2D eigenvalue weighted by molar-refractivity contribution is 0.00141. The molecule has 1 saturated heterocycles. The molecule has 2 atom stereocenters. The fourth-order valence-corrected chi connectivity index (χ4v) is 5.70. The van der Waals surface area contributed by atoms with Gasteiger partial charge in [-0.25, -0.2) is 29.6 Å². The van der Waals surface area contributed by atoms with E-state index in [1.54, 1.807) is 11.3 Å². The maximum atomic E-state index is 6.11. The van der Waals surface area contributed by atoms with Gasteiger partial charge in [0, 0.05) is 18.1 Å². The van der Waals surface area contributed by atoms with E-state index in [2.05, 4.69) is 28.5 Å². The zero-order valence-electron chi connectivity index (χ0n) is 20.5. The Bertz CT molecular complexity index is 1620. The zero-order valence-corrected chi connectivity index (χ0v) is 21.3. The quantitative estimate of drug-likeness (QED) is 0.334. The van der Waals surface area contributed by atoms with Crippen LogP contribution in [0.5, 0.6) is 0 Å². The van der Waals surface area contributed by atoms with Crippen molar-refractivity contribution in [2.24, 2.45) is 0 Å². The van der Waals surface area contributed by atoms with Gasteiger partial charge in [0.2, 0.25) is 0 Å². The molecule has 2 fully saturated rings. The molecule has 7 rings (SSSR count). The van der Waals surface area contributed by atoms with Crippen molar-refractivity contribution in [2.45, 2.75) is 64.5 Å². The maximum absolute atomic E-state index is 6.11. The van der Waals surface area contributed by atoms with E-state index in [9.17, 15) is 0 Å². The third-order valence-corrected chi connectivity index (χ3v) is 8.11. The van der Waals surface area contributed by atoms with Gasteiger partial charge < -0.3 is 4.74 Å². The second-order valence-corrected chi connectivity index (χ2v) is 11.1. The lowest BCUT2D eigenvalue weighted by atomic mass is 9.93. The topological polar surface area (TPSA) is 104 Å². The molecule has 1 aromatic carbocycles. The number of thiazole rings is 1. The number of aryl methyl sites for hydroxylation is 3. The highest BCUT2D eigenvalue weighted by molar-refractivity contribution is 7.18. The number of aromatic nitrogens is 8. The molecule has 0 spiro atoms. The summed E-state index contributed by atoms with van der Waals surface area (Å²) in [5.41, 5.74) is 6.78. The summed E-state index contributed by atoms with van der Waals surface area (Å²) in [5.74, 6) is 0.916. The molecule has 5 heterocycles. The number of hydrogen-bond donors (Lipinski definition) is 0. The second kappa shape index (κ2) is 8.35. The number of benzene rings is 1. The first-order valence-electron chi connectivity index (χ1n) is 12.5. The smallest absolute Gasteiger partial charge is 0.182 e. The fraction of sp³-hybridized carbons (Fsp3) is 0.423. The molecule has 9 nitrogen and oxygen atoms in total. The SMILES string of the molecule is Cc1nc2cc(-c3nc([C@H]4CCO[C@H](c5cn(C6CC6)nn5)C4)nc4nc(C)c(C)nc34)ccc2s1. The first-order chi connectivity index (χ1) is 17.5. The molecule has 0 N–H and O–H groups in total. The van der Waals surface area contributed by atoms with Crippen LogP contribution in [-0.2, 0) is 4.74 Å². The van der Waals surface area contributed by atoms with E-state index in [4.69, 9.17) is 29.7 Å². The average Bonchev–Trinajstić information content (AvgIpc) is 3.48. The standard InChI is InChI=1S/C26H26N8OS/c1-13-14(2)28-26-24(27-13)23(16-4-7-22-19(10-16)29-15(3)36-22)30-25(31-26)17-8-9-35-21(11-17)20-12-34(33-32-20)18-5-6-18/h4,7,10,12,17-18,21H,5-6,8-9,11H2,1-3H3/t17-,21-/m0/s1. The molecular weight excluding hydrogens is 472 g/mol. The van der Waals surface area contributed by atoms with E-state index in [0.717, 1.165) is 63.0 Å². The van der Waals surface area contributed by atoms with Crippen molar-refractivity contribution in [1.29, 1.82) is 0 Å². The normalized spacial score (nSPS) is 20.4. The number of ether oxygens (including phenoxy) is 1. The van der Waals surface area contributed by atoms with Crippen molar-refractivity contribution in [3.05, 3.63) is 52.3 Å². The van der Waals surface area contributed by atoms with Gasteiger partial charge in [0.15, 0.2) is 5.65 Å². The van der Waals surface area contributed by atoms with Crippen LogP contribution in [0.15, 0.2) is 24.4 Å². The second-order valence-electron chi connectivity index (χ2n) is 9.85. The minimum atomic E-state index is -0.112. The highest BCUT2D eigenvalue weighted by atomic mass is 32.1. The van der Waals surface area contributed by atoms with Gasteiger partial charge >= 0.3 is 0 Å². The first kappa shape index (κ1) is 21.9. The summed E-state index contributed by atoms with van der Waals surface area (Å²) >= 11 is 1.70. The Kier molecular flexibility index (Phi) is 5.07. The molecular formula is C26H26N8OS. The highest BCUT2D eigenvalue weighted by Crippen LogP contribution is 2.39. The number of rotatable bonds is 4. The van der Waals surface area contributed by atoms with Gasteiger partial charge in [-0.05, 0) is 58.6 Å². The van der Waals surface area contributed by atoms with Gasteiger partial charge in [0.25, 0.3) is 0 Å². The third kappa shape index (κ3) is 3.84. The summed E-state index contributed by atoms with van der Waals surface area (Å²) in [4.78, 5) is 24.4. The Morgan fingerprint density at radius 2 is 1.83 bits per heavy atom. The minimum Gasteiger partial charge on any atom is -0.372 e. The summed E-state index contributed by atoms with van der Waals surface area (Å²) in [6, 6.07) is 6.82. The van der Waals surface area contributed by atoms with Crippen molar-refractivity contribution < 1.29 is 4.74 Å². The zero-order chi connectivity index (χ0) is 24.4. The highest BCUT2D eigenvalue weighted by Gasteiger charge is 2.32. The molecule has 1 aliphatic carbocycles. The average molecular weight is 499 g/mol. The monoisotopic (exact) mass is 498 g/mol. The predicted octanol–water partition coefficient (Wildman–Crippen LogP) is 5.18. The summed E-state index contributed by atoms with van der Waals surface area (Å²) < 4.78 is 9.25. The molecule has 1 saturated carbocycles. The van der Waals surface area contributed by atoms with E-state index in [0.29, 0.717) is 18.3 Å². The Labute approximate surface area is 212 Å². The third-order valence-electron chi connectivity index (χ3n) is 7.16. The van der Waals surface area contributed by atoms with E-state index < -0.39 is 0 Å². The number of hydrogen-bond acceptors (Lipinski definition) is 9. The Morgan fingerprint density at radius 3 is 2.69 bits per heavy atom. The molecule has 0 radical (unpaired) electrons. The van der Waals surface area contributed by atoms with Crippen LogP contribution in [0.1, 0.15) is 71.7 Å². The van der Waals surface area contributed by atoms with Gasteiger partial charge in [-0.3, -0.25) is 0 Å². The fourth-order valence-electron chi connectivity index (χ4n) is 4.90. The van der Waals surface area contributed by atoms with Crippen LogP contribution in [0.4, 0.5) is 0 Å². The molecule has 0 amide bonds. The van der Waals surface area contributed by atoms with Crippen molar-refractivity contribution in [1.82, 2.24) is 39.9 Å². The van der Waals surface area contributed by atoms with Gasteiger partial charge in [-0.15, -0.1) is 16.4 Å². The summed E-state index contributed by atoms with van der Waals surface area (Å²) in [6.45, 7) is 6.61. The van der Waals surface area contributed by atoms with Gasteiger partial charge in [-0.1, -0.05) is 11.3 Å². The van der Waals surface area contributed by atoms with Gasteiger partial charge in [-0.2, -0.15) is 0 Å². The van der Waals surface area contributed by atoms with Crippen molar-refractivity contribution >= 4 is 32.7 Å². The van der Waals surface area contributed by atoms with Crippen LogP contribution >= 0.6 is 11.3 Å². The van der Waals surface area contributed by atoms with E-state index in [-0.39, 0.29) is 12.0 Å². The first-order valence-corrected chi connectivity index (χ1v) is 13.3. The lowest BCUT2D eigenvalue weighted by Crippen LogP contribution is -2.21. The van der Waals surface area contributed by atoms with Crippen molar-refractivity contribution in [3.8, 4) is 11.3 Å². The molecule has 0 unspecified atom stereocenters. The Balaban J connectivity index is 1.30. The van der Waals surface area contributed by atoms with Gasteiger partial charge in [0.05, 0.1) is 38.9 Å². The van der Waals surface area contributed by atoms with Crippen LogP contribution in [0, 0.1) is 20.8 Å². The molecule has 1 aliphatic heterocycles. The van der Waals surface area contributed by atoms with Crippen LogP contribution in [0.25, 0.3) is 32.6 Å². The van der Waals surface area contributed by atoms with Crippen molar-refractivity contribution in [2.75, 3.05) is 6.61 Å². The summed E-state index contributed by atoms with van der Waals surface area (Å²) in [5, 5.41) is 9.79. The maximum Gasteiger partial charge on any atom is 0.182 e.